The molecule has 0 aromatic rings. The highest BCUT2D eigenvalue weighted by molar-refractivity contribution is 5.84. The topological polar surface area (TPSA) is 73.9 Å². The van der Waals surface area contributed by atoms with Crippen LogP contribution in [-0.2, 0) is 9.53 Å². The molecule has 22 heavy (non-hydrogen) atoms. The highest BCUT2D eigenvalue weighted by atomic mass is 16.5. The number of hydrogen-bond acceptors (Lipinski definition) is 4. The highest BCUT2D eigenvalue weighted by Crippen LogP contribution is 2.18. The second kappa shape index (κ2) is 8.33. The third-order valence-electron chi connectivity index (χ3n) is 3.90. The van der Waals surface area contributed by atoms with Crippen LogP contribution in [0.2, 0.25) is 0 Å². The number of rotatable bonds is 7. The molecule has 0 aromatic heterocycles. The predicted molar refractivity (Wildman–Crippen MR) is 83.7 cm³/mol. The van der Waals surface area contributed by atoms with E-state index in [2.05, 4.69) is 15.5 Å². The molecule has 7 nitrogen and oxygen atoms in total. The van der Waals surface area contributed by atoms with Gasteiger partial charge in [-0.05, 0) is 26.7 Å². The third kappa shape index (κ3) is 6.19. The van der Waals surface area contributed by atoms with Crippen LogP contribution in [0.5, 0.6) is 0 Å². The maximum absolute atomic E-state index is 12.1. The fourth-order valence-corrected chi connectivity index (χ4v) is 2.37. The first kappa shape index (κ1) is 17.0. The molecule has 1 saturated heterocycles. The van der Waals surface area contributed by atoms with Gasteiger partial charge in [-0.15, -0.1) is 0 Å². The number of piperazine rings is 1. The normalized spacial score (nSPS) is 19.3. The van der Waals surface area contributed by atoms with Crippen LogP contribution in [0, 0.1) is 0 Å². The quantitative estimate of drug-likeness (QED) is 0.695. The Balaban J connectivity index is 1.57. The van der Waals surface area contributed by atoms with Crippen molar-refractivity contribution in [1.29, 1.82) is 0 Å². The number of carbonyl (C=O) groups excluding carboxylic acids is 2. The van der Waals surface area contributed by atoms with Gasteiger partial charge in [0.25, 0.3) is 0 Å². The maximum Gasteiger partial charge on any atom is 0.315 e. The molecule has 1 heterocycles. The van der Waals surface area contributed by atoms with Crippen LogP contribution in [0.3, 0.4) is 0 Å². The summed E-state index contributed by atoms with van der Waals surface area (Å²) in [5.74, 6) is -0.0102. The van der Waals surface area contributed by atoms with Gasteiger partial charge in [0.15, 0.2) is 0 Å². The molecule has 2 rings (SSSR count). The molecule has 7 heteroatoms. The summed E-state index contributed by atoms with van der Waals surface area (Å²) in [6.07, 6.45) is 2.35. The lowest BCUT2D eigenvalue weighted by Gasteiger charge is -2.34. The van der Waals surface area contributed by atoms with E-state index in [1.807, 2.05) is 18.7 Å². The number of carbonyl (C=O) groups is 2. The summed E-state index contributed by atoms with van der Waals surface area (Å²) >= 11 is 0. The zero-order chi connectivity index (χ0) is 15.9. The van der Waals surface area contributed by atoms with E-state index in [1.165, 1.54) is 0 Å². The molecule has 0 bridgehead atoms. The largest absolute Gasteiger partial charge is 0.377 e. The van der Waals surface area contributed by atoms with E-state index in [0.717, 1.165) is 39.1 Å². The molecular weight excluding hydrogens is 284 g/mol. The fourth-order valence-electron chi connectivity index (χ4n) is 2.37. The summed E-state index contributed by atoms with van der Waals surface area (Å²) in [6.45, 7) is 8.93. The Labute approximate surface area is 132 Å². The Morgan fingerprint density at radius 1 is 1.18 bits per heavy atom. The highest BCUT2D eigenvalue weighted by Gasteiger charge is 2.24. The Morgan fingerprint density at radius 3 is 2.45 bits per heavy atom. The van der Waals surface area contributed by atoms with Gasteiger partial charge < -0.3 is 20.3 Å². The van der Waals surface area contributed by atoms with E-state index < -0.39 is 0 Å². The van der Waals surface area contributed by atoms with E-state index in [1.54, 1.807) is 0 Å². The monoisotopic (exact) mass is 312 g/mol. The SMILES string of the molecule is CC(C)OCCN1CCN(C(=O)CNC(=O)NC2CC2)CC1. The van der Waals surface area contributed by atoms with E-state index in [0.29, 0.717) is 19.1 Å². The molecule has 2 aliphatic rings. The minimum Gasteiger partial charge on any atom is -0.377 e. The van der Waals surface area contributed by atoms with Gasteiger partial charge in [-0.1, -0.05) is 0 Å². The number of hydrogen-bond donors (Lipinski definition) is 2. The smallest absolute Gasteiger partial charge is 0.315 e. The number of nitrogens with zero attached hydrogens (tertiary/aromatic N) is 2. The van der Waals surface area contributed by atoms with Crippen molar-refractivity contribution < 1.29 is 14.3 Å². The Bertz CT molecular complexity index is 377. The number of nitrogens with one attached hydrogen (secondary N) is 2. The molecule has 1 aliphatic heterocycles. The molecule has 0 radical (unpaired) electrons. The van der Waals surface area contributed by atoms with Crippen molar-refractivity contribution in [3.63, 3.8) is 0 Å². The average Bonchev–Trinajstić information content (AvgIpc) is 3.29. The summed E-state index contributed by atoms with van der Waals surface area (Å²) in [7, 11) is 0. The molecule has 0 aromatic carbocycles. The van der Waals surface area contributed by atoms with Gasteiger partial charge in [-0.2, -0.15) is 0 Å². The van der Waals surface area contributed by atoms with E-state index in [4.69, 9.17) is 4.74 Å². The standard InChI is InChI=1S/C15H28N4O3/c1-12(2)22-10-9-18-5-7-19(8-6-18)14(20)11-16-15(21)17-13-3-4-13/h12-13H,3-11H2,1-2H3,(H2,16,17,21). The Kier molecular flexibility index (Phi) is 6.45. The summed E-state index contributed by atoms with van der Waals surface area (Å²) in [5, 5.41) is 5.44. The molecule has 2 N–H and O–H groups in total. The molecule has 1 saturated carbocycles. The van der Waals surface area contributed by atoms with Crippen molar-refractivity contribution in [2.75, 3.05) is 45.9 Å². The van der Waals surface area contributed by atoms with Crippen LogP contribution in [-0.4, -0.2) is 79.8 Å². The molecule has 1 aliphatic carbocycles. The molecule has 0 atom stereocenters. The van der Waals surface area contributed by atoms with Crippen LogP contribution in [0.25, 0.3) is 0 Å². The zero-order valence-corrected chi connectivity index (χ0v) is 13.6. The lowest BCUT2D eigenvalue weighted by atomic mass is 10.3. The zero-order valence-electron chi connectivity index (χ0n) is 13.6. The van der Waals surface area contributed by atoms with Gasteiger partial charge in [0.1, 0.15) is 0 Å². The van der Waals surface area contributed by atoms with E-state index >= 15 is 0 Å². The van der Waals surface area contributed by atoms with Crippen LogP contribution in [0.1, 0.15) is 26.7 Å². The first-order chi connectivity index (χ1) is 10.5. The Morgan fingerprint density at radius 2 is 1.86 bits per heavy atom. The molecule has 2 fully saturated rings. The molecule has 3 amide bonds. The summed E-state index contributed by atoms with van der Waals surface area (Å²) in [4.78, 5) is 27.7. The van der Waals surface area contributed by atoms with Crippen molar-refractivity contribution in [3.8, 4) is 0 Å². The van der Waals surface area contributed by atoms with Crippen LogP contribution >= 0.6 is 0 Å². The summed E-state index contributed by atoms with van der Waals surface area (Å²) in [5.41, 5.74) is 0. The van der Waals surface area contributed by atoms with Gasteiger partial charge in [0.05, 0.1) is 19.3 Å². The molecule has 126 valence electrons. The lowest BCUT2D eigenvalue weighted by Crippen LogP contribution is -2.52. The minimum absolute atomic E-state index is 0.0102. The molecule has 0 spiro atoms. The van der Waals surface area contributed by atoms with Gasteiger partial charge in [0, 0.05) is 38.8 Å². The second-order valence-electron chi connectivity index (χ2n) is 6.24. The van der Waals surface area contributed by atoms with Crippen molar-refractivity contribution in [3.05, 3.63) is 0 Å². The van der Waals surface area contributed by atoms with Gasteiger partial charge in [-0.3, -0.25) is 9.69 Å². The maximum atomic E-state index is 12.1. The summed E-state index contributed by atoms with van der Waals surface area (Å²) < 4.78 is 5.54. The second-order valence-corrected chi connectivity index (χ2v) is 6.24. The molecular formula is C15H28N4O3. The van der Waals surface area contributed by atoms with Crippen LogP contribution in [0.4, 0.5) is 4.79 Å². The van der Waals surface area contributed by atoms with Gasteiger partial charge in [-0.25, -0.2) is 4.79 Å². The fraction of sp³-hybridized carbons (Fsp3) is 0.867. The summed E-state index contributed by atoms with van der Waals surface area (Å²) in [6, 6.07) is 0.0759. The van der Waals surface area contributed by atoms with E-state index in [9.17, 15) is 9.59 Å². The molecule has 0 unspecified atom stereocenters. The number of urea groups is 1. The van der Waals surface area contributed by atoms with E-state index in [-0.39, 0.29) is 24.6 Å². The first-order valence-corrected chi connectivity index (χ1v) is 8.20. The minimum atomic E-state index is -0.236. The van der Waals surface area contributed by atoms with Crippen molar-refractivity contribution >= 4 is 11.9 Å². The van der Waals surface area contributed by atoms with Crippen molar-refractivity contribution in [2.45, 2.75) is 38.8 Å². The van der Waals surface area contributed by atoms with Crippen molar-refractivity contribution in [2.24, 2.45) is 0 Å². The third-order valence-corrected chi connectivity index (χ3v) is 3.90. The van der Waals surface area contributed by atoms with Gasteiger partial charge >= 0.3 is 6.03 Å². The van der Waals surface area contributed by atoms with Crippen LogP contribution < -0.4 is 10.6 Å². The average molecular weight is 312 g/mol. The first-order valence-electron chi connectivity index (χ1n) is 8.20. The Hall–Kier alpha value is -1.34. The number of ether oxygens (including phenoxy) is 1. The number of amides is 3. The van der Waals surface area contributed by atoms with Gasteiger partial charge in [0.2, 0.25) is 5.91 Å². The van der Waals surface area contributed by atoms with Crippen LogP contribution in [0.15, 0.2) is 0 Å². The van der Waals surface area contributed by atoms with Crippen molar-refractivity contribution in [1.82, 2.24) is 20.4 Å². The lowest BCUT2D eigenvalue weighted by molar-refractivity contribution is -0.131. The predicted octanol–water partition coefficient (Wildman–Crippen LogP) is 0.0172.